The van der Waals surface area contributed by atoms with Gasteiger partial charge in [0.15, 0.2) is 0 Å². The molecular weight excluding hydrogens is 359 g/mol. The molecule has 1 N–H and O–H groups in total. The first-order chi connectivity index (χ1) is 11.0. The Morgan fingerprint density at radius 1 is 1.39 bits per heavy atom. The molecule has 1 aromatic heterocycles. The highest BCUT2D eigenvalue weighted by atomic mass is 35.5. The normalized spacial score (nSPS) is 17.6. The zero-order valence-electron chi connectivity index (χ0n) is 12.0. The minimum absolute atomic E-state index is 0.118. The van der Waals surface area contributed by atoms with Crippen LogP contribution in [0.15, 0.2) is 18.2 Å². The minimum Gasteiger partial charge on any atom is -0.310 e. The number of nitrogens with zero attached hydrogens (tertiary/aromatic N) is 3. The van der Waals surface area contributed by atoms with Gasteiger partial charge in [-0.1, -0.05) is 40.6 Å². The van der Waals surface area contributed by atoms with Crippen molar-refractivity contribution in [1.29, 1.82) is 0 Å². The number of carbonyl (C=O) groups is 2. The fourth-order valence-electron chi connectivity index (χ4n) is 2.37. The summed E-state index contributed by atoms with van der Waals surface area (Å²) in [6, 6.07) is 5.07. The van der Waals surface area contributed by atoms with Crippen LogP contribution < -0.4 is 10.2 Å². The van der Waals surface area contributed by atoms with E-state index in [1.807, 2.05) is 0 Å². The van der Waals surface area contributed by atoms with E-state index in [1.54, 1.807) is 25.1 Å². The number of nitrogens with one attached hydrogen (secondary N) is 1. The van der Waals surface area contributed by atoms with Crippen LogP contribution in [0, 0.1) is 12.8 Å². The van der Waals surface area contributed by atoms with Crippen LogP contribution in [0.1, 0.15) is 11.4 Å². The lowest BCUT2D eigenvalue weighted by atomic mass is 10.1. The third-order valence-corrected chi connectivity index (χ3v) is 5.04. The van der Waals surface area contributed by atoms with Crippen molar-refractivity contribution >= 4 is 57.2 Å². The Morgan fingerprint density at radius 2 is 2.17 bits per heavy atom. The molecule has 2 heterocycles. The molecule has 3 rings (SSSR count). The Labute approximate surface area is 146 Å². The zero-order valence-corrected chi connectivity index (χ0v) is 14.4. The monoisotopic (exact) mass is 370 g/mol. The molecule has 1 aliphatic heterocycles. The molecule has 0 radical (unpaired) electrons. The van der Waals surface area contributed by atoms with Gasteiger partial charge in [0.1, 0.15) is 5.01 Å². The van der Waals surface area contributed by atoms with Gasteiger partial charge in [-0.05, 0) is 19.1 Å². The van der Waals surface area contributed by atoms with E-state index in [0.717, 1.165) is 5.01 Å². The Morgan fingerprint density at radius 3 is 2.87 bits per heavy atom. The molecule has 2 amide bonds. The maximum absolute atomic E-state index is 12.3. The minimum atomic E-state index is -0.471. The topological polar surface area (TPSA) is 75.2 Å². The number of aryl methyl sites for hydroxylation is 1. The number of hydrogen-bond donors (Lipinski definition) is 1. The molecule has 0 spiro atoms. The van der Waals surface area contributed by atoms with Crippen LogP contribution in [-0.4, -0.2) is 28.6 Å². The number of carbonyl (C=O) groups excluding carboxylic acids is 2. The van der Waals surface area contributed by atoms with Crippen molar-refractivity contribution in [1.82, 2.24) is 10.2 Å². The quantitative estimate of drug-likeness (QED) is 0.900. The van der Waals surface area contributed by atoms with E-state index in [9.17, 15) is 9.59 Å². The fraction of sp³-hybridized carbons (Fsp3) is 0.286. The number of aromatic nitrogens is 2. The Balaban J connectivity index is 1.74. The molecule has 120 valence electrons. The van der Waals surface area contributed by atoms with E-state index in [4.69, 9.17) is 23.2 Å². The van der Waals surface area contributed by atoms with Crippen molar-refractivity contribution in [2.45, 2.75) is 13.3 Å². The predicted molar refractivity (Wildman–Crippen MR) is 90.2 cm³/mol. The van der Waals surface area contributed by atoms with Gasteiger partial charge in [0.25, 0.3) is 0 Å². The maximum atomic E-state index is 12.3. The van der Waals surface area contributed by atoms with Crippen LogP contribution in [0.4, 0.5) is 10.8 Å². The lowest BCUT2D eigenvalue weighted by Gasteiger charge is -2.18. The van der Waals surface area contributed by atoms with E-state index in [-0.39, 0.29) is 24.8 Å². The lowest BCUT2D eigenvalue weighted by Crippen LogP contribution is -2.28. The van der Waals surface area contributed by atoms with Crippen molar-refractivity contribution in [3.8, 4) is 0 Å². The smallest absolute Gasteiger partial charge is 0.231 e. The van der Waals surface area contributed by atoms with Crippen LogP contribution in [-0.2, 0) is 9.59 Å². The number of hydrogen-bond acceptors (Lipinski definition) is 5. The highest BCUT2D eigenvalue weighted by molar-refractivity contribution is 7.15. The average molecular weight is 371 g/mol. The summed E-state index contributed by atoms with van der Waals surface area (Å²) in [4.78, 5) is 26.0. The second-order valence-corrected chi connectivity index (χ2v) is 7.06. The number of benzene rings is 1. The summed E-state index contributed by atoms with van der Waals surface area (Å²) < 4.78 is 0. The Hall–Kier alpha value is -1.70. The molecule has 0 aliphatic carbocycles. The highest BCUT2D eigenvalue weighted by Crippen LogP contribution is 2.35. The zero-order chi connectivity index (χ0) is 16.6. The molecule has 0 saturated carbocycles. The van der Waals surface area contributed by atoms with Crippen LogP contribution in [0.2, 0.25) is 10.0 Å². The molecule has 0 bridgehead atoms. The Bertz CT molecular complexity index is 780. The van der Waals surface area contributed by atoms with Crippen molar-refractivity contribution in [3.05, 3.63) is 33.3 Å². The van der Waals surface area contributed by atoms with Gasteiger partial charge in [0.2, 0.25) is 16.9 Å². The van der Waals surface area contributed by atoms with E-state index in [1.165, 1.54) is 16.2 Å². The highest BCUT2D eigenvalue weighted by Gasteiger charge is 2.36. The molecule has 23 heavy (non-hydrogen) atoms. The van der Waals surface area contributed by atoms with Gasteiger partial charge >= 0.3 is 0 Å². The molecule has 9 heteroatoms. The molecule has 1 aliphatic rings. The third kappa shape index (κ3) is 3.31. The molecule has 6 nitrogen and oxygen atoms in total. The molecule has 1 aromatic carbocycles. The summed E-state index contributed by atoms with van der Waals surface area (Å²) in [6.07, 6.45) is 0.118. The van der Waals surface area contributed by atoms with Crippen molar-refractivity contribution in [2.24, 2.45) is 5.92 Å². The number of halogens is 2. The second-order valence-electron chi connectivity index (χ2n) is 5.09. The molecule has 0 unspecified atom stereocenters. The number of rotatable bonds is 3. The number of anilines is 2. The van der Waals surface area contributed by atoms with Crippen molar-refractivity contribution in [2.75, 3.05) is 16.8 Å². The molecule has 1 atom stereocenters. The lowest BCUT2D eigenvalue weighted by molar-refractivity contribution is -0.122. The molecule has 2 aromatic rings. The van der Waals surface area contributed by atoms with Crippen LogP contribution in [0.25, 0.3) is 0 Å². The first-order valence-electron chi connectivity index (χ1n) is 6.81. The largest absolute Gasteiger partial charge is 0.310 e. The summed E-state index contributed by atoms with van der Waals surface area (Å²) in [5.41, 5.74) is 0.520. The van der Waals surface area contributed by atoms with E-state index < -0.39 is 5.92 Å². The van der Waals surface area contributed by atoms with Gasteiger partial charge in [-0.2, -0.15) is 0 Å². The predicted octanol–water partition coefficient (Wildman–Crippen LogP) is 3.14. The van der Waals surface area contributed by atoms with Gasteiger partial charge < -0.3 is 10.2 Å². The van der Waals surface area contributed by atoms with Crippen LogP contribution in [0.5, 0.6) is 0 Å². The van der Waals surface area contributed by atoms with Gasteiger partial charge in [-0.3, -0.25) is 9.59 Å². The summed E-state index contributed by atoms with van der Waals surface area (Å²) >= 11 is 13.4. The third-order valence-electron chi connectivity index (χ3n) is 3.47. The van der Waals surface area contributed by atoms with Gasteiger partial charge in [0.05, 0.1) is 21.7 Å². The number of amides is 2. The summed E-state index contributed by atoms with van der Waals surface area (Å²) in [7, 11) is 0. The first kappa shape index (κ1) is 16.2. The van der Waals surface area contributed by atoms with E-state index in [2.05, 4.69) is 15.5 Å². The maximum Gasteiger partial charge on any atom is 0.231 e. The molecule has 1 fully saturated rings. The second kappa shape index (κ2) is 6.43. The Kier molecular flexibility index (Phi) is 4.52. The molecular formula is C14H12Cl2N4O2S. The van der Waals surface area contributed by atoms with E-state index >= 15 is 0 Å². The van der Waals surface area contributed by atoms with Crippen LogP contribution in [0.3, 0.4) is 0 Å². The van der Waals surface area contributed by atoms with Crippen molar-refractivity contribution in [3.63, 3.8) is 0 Å². The van der Waals surface area contributed by atoms with Crippen molar-refractivity contribution < 1.29 is 9.59 Å². The SMILES string of the molecule is Cc1nnc(NC(=O)[C@H]2CC(=O)N(c3cccc(Cl)c3Cl)C2)s1. The summed E-state index contributed by atoms with van der Waals surface area (Å²) in [6.45, 7) is 2.05. The molecule has 1 saturated heterocycles. The average Bonchev–Trinajstić information content (AvgIpc) is 3.08. The standard InChI is InChI=1S/C14H12Cl2N4O2S/c1-7-18-19-14(23-7)17-13(22)8-5-11(21)20(6-8)10-4-2-3-9(15)12(10)16/h2-4,8H,5-6H2,1H3,(H,17,19,22)/t8-/m0/s1. The fourth-order valence-corrected chi connectivity index (χ4v) is 3.36. The van der Waals surface area contributed by atoms with Gasteiger partial charge in [-0.15, -0.1) is 10.2 Å². The van der Waals surface area contributed by atoms with Gasteiger partial charge in [-0.25, -0.2) is 0 Å². The summed E-state index contributed by atoms with van der Waals surface area (Å²) in [5, 5.41) is 12.2. The van der Waals surface area contributed by atoms with E-state index in [0.29, 0.717) is 20.9 Å². The van der Waals surface area contributed by atoms with Crippen LogP contribution >= 0.6 is 34.5 Å². The van der Waals surface area contributed by atoms with Gasteiger partial charge in [0, 0.05) is 13.0 Å². The summed E-state index contributed by atoms with van der Waals surface area (Å²) in [5.74, 6) is -0.889. The first-order valence-corrected chi connectivity index (χ1v) is 8.38.